The van der Waals surface area contributed by atoms with Crippen LogP contribution < -0.4 is 0 Å². The van der Waals surface area contributed by atoms with E-state index in [1.165, 1.54) is 0 Å². The second-order valence-electron chi connectivity index (χ2n) is 4.11. The van der Waals surface area contributed by atoms with E-state index in [1.807, 2.05) is 0 Å². The zero-order valence-corrected chi connectivity index (χ0v) is 9.90. The maximum Gasteiger partial charge on any atom is 0.326 e. The second-order valence-corrected chi connectivity index (χ2v) is 4.11. The van der Waals surface area contributed by atoms with Gasteiger partial charge in [-0.2, -0.15) is 0 Å². The summed E-state index contributed by atoms with van der Waals surface area (Å²) in [7, 11) is 0. The molecular weight excluding hydrogens is 244 g/mol. The average molecular weight is 262 g/mol. The number of urea groups is 1. The van der Waals surface area contributed by atoms with Crippen LogP contribution in [0.15, 0.2) is 0 Å². The molecule has 0 aliphatic carbocycles. The first kappa shape index (κ1) is 14.7. The van der Waals surface area contributed by atoms with Crippen LogP contribution in [0.1, 0.15) is 6.42 Å². The number of hydrogen-bond donors (Lipinski definition) is 4. The Morgan fingerprint density at radius 1 is 1.22 bits per heavy atom. The molecule has 0 unspecified atom stereocenters. The predicted octanol–water partition coefficient (Wildman–Crippen LogP) is -2.09. The normalized spacial score (nSPS) is 23.2. The van der Waals surface area contributed by atoms with Gasteiger partial charge in [0.25, 0.3) is 0 Å². The van der Waals surface area contributed by atoms with Crippen LogP contribution >= 0.6 is 0 Å². The van der Waals surface area contributed by atoms with E-state index in [0.717, 1.165) is 9.80 Å². The highest BCUT2D eigenvalue weighted by atomic mass is 16.4. The number of carbonyl (C=O) groups is 2. The molecule has 0 aromatic carbocycles. The molecule has 0 bridgehead atoms. The molecule has 2 atom stereocenters. The third kappa shape index (κ3) is 3.31. The van der Waals surface area contributed by atoms with E-state index >= 15 is 0 Å². The lowest BCUT2D eigenvalue weighted by Gasteiger charge is -2.29. The molecule has 0 aromatic heterocycles. The fraction of sp³-hybridized carbons (Fsp3) is 0.800. The largest absolute Gasteiger partial charge is 0.480 e. The summed E-state index contributed by atoms with van der Waals surface area (Å²) in [6, 6.07) is -1.66. The fourth-order valence-corrected chi connectivity index (χ4v) is 1.99. The van der Waals surface area contributed by atoms with E-state index in [0.29, 0.717) is 0 Å². The van der Waals surface area contributed by atoms with Crippen molar-refractivity contribution in [1.82, 2.24) is 9.80 Å². The van der Waals surface area contributed by atoms with Gasteiger partial charge in [0.2, 0.25) is 0 Å². The summed E-state index contributed by atoms with van der Waals surface area (Å²) < 4.78 is 0. The molecule has 0 saturated carbocycles. The summed E-state index contributed by atoms with van der Waals surface area (Å²) in [5.41, 5.74) is 0. The predicted molar refractivity (Wildman–Crippen MR) is 59.9 cm³/mol. The van der Waals surface area contributed by atoms with Gasteiger partial charge in [0.1, 0.15) is 6.04 Å². The highest BCUT2D eigenvalue weighted by molar-refractivity contribution is 5.83. The van der Waals surface area contributed by atoms with E-state index in [-0.39, 0.29) is 39.3 Å². The van der Waals surface area contributed by atoms with Crippen LogP contribution in [0.3, 0.4) is 0 Å². The first-order chi connectivity index (χ1) is 8.51. The van der Waals surface area contributed by atoms with Crippen molar-refractivity contribution in [2.24, 2.45) is 0 Å². The molecule has 18 heavy (non-hydrogen) atoms. The highest BCUT2D eigenvalue weighted by Crippen LogP contribution is 2.19. The minimum absolute atomic E-state index is 0.00678. The number of aliphatic hydroxyl groups excluding tert-OH is 3. The number of carbonyl (C=O) groups excluding carboxylic acids is 1. The fourth-order valence-electron chi connectivity index (χ4n) is 1.99. The smallest absolute Gasteiger partial charge is 0.326 e. The van der Waals surface area contributed by atoms with Crippen molar-refractivity contribution in [3.8, 4) is 0 Å². The summed E-state index contributed by atoms with van der Waals surface area (Å²) >= 11 is 0. The molecule has 8 heteroatoms. The monoisotopic (exact) mass is 262 g/mol. The Morgan fingerprint density at radius 3 is 2.22 bits per heavy atom. The van der Waals surface area contributed by atoms with Gasteiger partial charge < -0.3 is 30.2 Å². The number of aliphatic carboxylic acids is 1. The molecule has 2 amide bonds. The first-order valence-corrected chi connectivity index (χ1v) is 5.69. The Morgan fingerprint density at radius 2 is 1.78 bits per heavy atom. The zero-order chi connectivity index (χ0) is 13.7. The molecule has 1 heterocycles. The van der Waals surface area contributed by atoms with Gasteiger partial charge >= 0.3 is 12.0 Å². The number of nitrogens with zero attached hydrogens (tertiary/aromatic N) is 2. The number of β-amino-alcohol motifs (C(OH)–C–C–N with tert-alkyl or cyclic N) is 1. The van der Waals surface area contributed by atoms with Crippen LogP contribution in [-0.2, 0) is 4.79 Å². The van der Waals surface area contributed by atoms with Crippen molar-refractivity contribution < 1.29 is 30.0 Å². The Kier molecular flexibility index (Phi) is 5.32. The lowest BCUT2D eigenvalue weighted by Crippen LogP contribution is -2.49. The maximum absolute atomic E-state index is 12.0. The summed E-state index contributed by atoms with van der Waals surface area (Å²) in [6.45, 7) is -0.584. The minimum atomic E-state index is -1.17. The van der Waals surface area contributed by atoms with E-state index in [4.69, 9.17) is 15.3 Å². The lowest BCUT2D eigenvalue weighted by atomic mass is 10.2. The maximum atomic E-state index is 12.0. The summed E-state index contributed by atoms with van der Waals surface area (Å²) in [6.07, 6.45) is -0.868. The molecule has 4 N–H and O–H groups in total. The molecule has 0 spiro atoms. The van der Waals surface area contributed by atoms with E-state index in [9.17, 15) is 14.7 Å². The first-order valence-electron chi connectivity index (χ1n) is 5.69. The Hall–Kier alpha value is -1.38. The van der Waals surface area contributed by atoms with Crippen molar-refractivity contribution >= 4 is 12.0 Å². The van der Waals surface area contributed by atoms with Crippen molar-refractivity contribution in [1.29, 1.82) is 0 Å². The number of carboxylic acids is 1. The molecule has 0 aromatic rings. The zero-order valence-electron chi connectivity index (χ0n) is 9.90. The van der Waals surface area contributed by atoms with E-state index < -0.39 is 24.1 Å². The Balaban J connectivity index is 2.76. The number of rotatable bonds is 5. The van der Waals surface area contributed by atoms with Gasteiger partial charge in [0.15, 0.2) is 0 Å². The van der Waals surface area contributed by atoms with Crippen LogP contribution in [0.4, 0.5) is 4.79 Å². The molecule has 1 fully saturated rings. The van der Waals surface area contributed by atoms with Crippen LogP contribution in [0.25, 0.3) is 0 Å². The lowest BCUT2D eigenvalue weighted by molar-refractivity contribution is -0.141. The van der Waals surface area contributed by atoms with E-state index in [2.05, 4.69) is 0 Å². The van der Waals surface area contributed by atoms with Crippen LogP contribution in [-0.4, -0.2) is 87.2 Å². The van der Waals surface area contributed by atoms with Crippen LogP contribution in [0.2, 0.25) is 0 Å². The molecule has 1 aliphatic rings. The molecule has 1 aliphatic heterocycles. The molecule has 0 radical (unpaired) electrons. The number of carboxylic acid groups (broad SMARTS) is 1. The van der Waals surface area contributed by atoms with Gasteiger partial charge in [-0.05, 0) is 0 Å². The van der Waals surface area contributed by atoms with Crippen molar-refractivity contribution in [3.05, 3.63) is 0 Å². The number of likely N-dealkylation sites (tertiary alicyclic amines) is 1. The van der Waals surface area contributed by atoms with E-state index in [1.54, 1.807) is 0 Å². The molecule has 1 rings (SSSR count). The van der Waals surface area contributed by atoms with Crippen molar-refractivity contribution in [2.75, 3.05) is 32.8 Å². The van der Waals surface area contributed by atoms with Gasteiger partial charge in [-0.3, -0.25) is 0 Å². The van der Waals surface area contributed by atoms with Gasteiger partial charge in [-0.15, -0.1) is 0 Å². The minimum Gasteiger partial charge on any atom is -0.480 e. The summed E-state index contributed by atoms with van der Waals surface area (Å²) in [5.74, 6) is -1.17. The number of aliphatic hydroxyl groups is 3. The highest BCUT2D eigenvalue weighted by Gasteiger charge is 2.40. The quantitative estimate of drug-likeness (QED) is 0.451. The summed E-state index contributed by atoms with van der Waals surface area (Å²) in [5, 5.41) is 36.0. The third-order valence-corrected chi connectivity index (χ3v) is 2.82. The molecular formula is C10H18N2O6. The topological polar surface area (TPSA) is 122 Å². The van der Waals surface area contributed by atoms with Gasteiger partial charge in [-0.1, -0.05) is 0 Å². The molecule has 1 saturated heterocycles. The molecule has 8 nitrogen and oxygen atoms in total. The third-order valence-electron chi connectivity index (χ3n) is 2.82. The van der Waals surface area contributed by atoms with Crippen molar-refractivity contribution in [2.45, 2.75) is 18.6 Å². The Labute approximate surface area is 104 Å². The number of hydrogen-bond acceptors (Lipinski definition) is 5. The van der Waals surface area contributed by atoms with Gasteiger partial charge in [0, 0.05) is 26.1 Å². The molecule has 104 valence electrons. The van der Waals surface area contributed by atoms with Crippen LogP contribution in [0, 0.1) is 0 Å². The standard InChI is InChI=1S/C10H18N2O6/c13-3-1-11(2-4-14)10(18)12-6-7(15)5-8(12)9(16)17/h7-8,13-15H,1-6H2,(H,16,17)/t7-,8-/m1/s1. The SMILES string of the molecule is O=C(O)[C@H]1C[C@@H](O)CN1C(=O)N(CCO)CCO. The average Bonchev–Trinajstić information content (AvgIpc) is 2.70. The van der Waals surface area contributed by atoms with Crippen LogP contribution in [0.5, 0.6) is 0 Å². The summed E-state index contributed by atoms with van der Waals surface area (Å²) in [4.78, 5) is 25.2. The Bertz CT molecular complexity index is 305. The van der Waals surface area contributed by atoms with Gasteiger partial charge in [0.05, 0.1) is 19.3 Å². The van der Waals surface area contributed by atoms with Gasteiger partial charge in [-0.25, -0.2) is 9.59 Å². The number of amides is 2. The van der Waals surface area contributed by atoms with Crippen molar-refractivity contribution in [3.63, 3.8) is 0 Å². The second kappa shape index (κ2) is 6.53.